The highest BCUT2D eigenvalue weighted by atomic mass is 35.5. The number of hydrogen-bond donors (Lipinski definition) is 0. The number of ether oxygens (including phenoxy) is 2. The number of esters is 2. The lowest BCUT2D eigenvalue weighted by Gasteiger charge is -2.22. The summed E-state index contributed by atoms with van der Waals surface area (Å²) in [4.78, 5) is 24.0. The maximum atomic E-state index is 12.0. The van der Waals surface area contributed by atoms with Gasteiger partial charge >= 0.3 is 11.9 Å². The van der Waals surface area contributed by atoms with E-state index in [-0.39, 0.29) is 11.8 Å². The molecule has 0 radical (unpaired) electrons. The van der Waals surface area contributed by atoms with E-state index in [0.717, 1.165) is 0 Å². The van der Waals surface area contributed by atoms with Crippen LogP contribution in [0.4, 0.5) is 0 Å². The van der Waals surface area contributed by atoms with Crippen LogP contribution in [0.5, 0.6) is 0 Å². The molecule has 1 saturated carbocycles. The van der Waals surface area contributed by atoms with Crippen LogP contribution in [-0.2, 0) is 19.1 Å². The van der Waals surface area contributed by atoms with E-state index in [9.17, 15) is 9.59 Å². The SMILES string of the molecule is C=C[C@@H]1CC(C(=O)OC)(C(=O)OC)C[C@H]1/C=C\CCl. The van der Waals surface area contributed by atoms with E-state index in [2.05, 4.69) is 6.58 Å². The highest BCUT2D eigenvalue weighted by Crippen LogP contribution is 2.48. The predicted molar refractivity (Wildman–Crippen MR) is 72.7 cm³/mol. The summed E-state index contributed by atoms with van der Waals surface area (Å²) in [6.07, 6.45) is 6.21. The van der Waals surface area contributed by atoms with Crippen LogP contribution in [0.3, 0.4) is 0 Å². The molecule has 0 heterocycles. The Morgan fingerprint density at radius 3 is 2.21 bits per heavy atom. The smallest absolute Gasteiger partial charge is 0.323 e. The molecule has 106 valence electrons. The van der Waals surface area contributed by atoms with Gasteiger partial charge in [-0.1, -0.05) is 18.2 Å². The number of carbonyl (C=O) groups excluding carboxylic acids is 2. The first kappa shape index (κ1) is 15.8. The summed E-state index contributed by atoms with van der Waals surface area (Å²) in [5.41, 5.74) is -1.23. The largest absolute Gasteiger partial charge is 0.468 e. The van der Waals surface area contributed by atoms with Gasteiger partial charge in [-0.3, -0.25) is 9.59 Å². The van der Waals surface area contributed by atoms with Gasteiger partial charge in [0.25, 0.3) is 0 Å². The molecule has 19 heavy (non-hydrogen) atoms. The molecular weight excluding hydrogens is 268 g/mol. The van der Waals surface area contributed by atoms with Crippen LogP contribution in [0.1, 0.15) is 12.8 Å². The van der Waals surface area contributed by atoms with E-state index in [1.165, 1.54) is 14.2 Å². The van der Waals surface area contributed by atoms with Crippen molar-refractivity contribution in [1.29, 1.82) is 0 Å². The van der Waals surface area contributed by atoms with Gasteiger partial charge in [-0.25, -0.2) is 0 Å². The first-order chi connectivity index (χ1) is 9.05. The molecular formula is C14H19ClO4. The highest BCUT2D eigenvalue weighted by molar-refractivity contribution is 6.18. The second-order valence-corrected chi connectivity index (χ2v) is 4.93. The number of methoxy groups -OCH3 is 2. The fourth-order valence-corrected chi connectivity index (χ4v) is 2.80. The Morgan fingerprint density at radius 1 is 1.26 bits per heavy atom. The van der Waals surface area contributed by atoms with Crippen molar-refractivity contribution in [3.05, 3.63) is 24.8 Å². The molecule has 0 aromatic rings. The summed E-state index contributed by atoms with van der Waals surface area (Å²) in [6.45, 7) is 3.77. The fraction of sp³-hybridized carbons (Fsp3) is 0.571. The minimum atomic E-state index is -1.23. The maximum absolute atomic E-state index is 12.0. The summed E-state index contributed by atoms with van der Waals surface area (Å²) in [6, 6.07) is 0. The third-order valence-corrected chi connectivity index (χ3v) is 3.82. The van der Waals surface area contributed by atoms with E-state index in [1.807, 2.05) is 12.2 Å². The summed E-state index contributed by atoms with van der Waals surface area (Å²) in [5, 5.41) is 0. The van der Waals surface area contributed by atoms with Gasteiger partial charge in [-0.2, -0.15) is 0 Å². The third kappa shape index (κ3) is 3.00. The lowest BCUT2D eigenvalue weighted by molar-refractivity contribution is -0.168. The van der Waals surface area contributed by atoms with Crippen LogP contribution in [0.15, 0.2) is 24.8 Å². The molecule has 0 amide bonds. The Morgan fingerprint density at radius 2 is 1.79 bits per heavy atom. The van der Waals surface area contributed by atoms with Crippen molar-refractivity contribution in [2.75, 3.05) is 20.1 Å². The van der Waals surface area contributed by atoms with Crippen molar-refractivity contribution < 1.29 is 19.1 Å². The predicted octanol–water partition coefficient (Wildman–Crippen LogP) is 2.33. The van der Waals surface area contributed by atoms with Gasteiger partial charge in [0.1, 0.15) is 0 Å². The Kier molecular flexibility index (Phi) is 5.60. The Hall–Kier alpha value is -1.29. The molecule has 0 N–H and O–H groups in total. The molecule has 2 atom stereocenters. The van der Waals surface area contributed by atoms with Gasteiger partial charge in [-0.05, 0) is 24.7 Å². The Bertz CT molecular complexity index is 373. The number of carbonyl (C=O) groups is 2. The molecule has 0 unspecified atom stereocenters. The van der Waals surface area contributed by atoms with Crippen molar-refractivity contribution in [1.82, 2.24) is 0 Å². The van der Waals surface area contributed by atoms with E-state index < -0.39 is 17.4 Å². The number of halogens is 1. The summed E-state index contributed by atoms with van der Waals surface area (Å²) < 4.78 is 9.56. The second kappa shape index (κ2) is 6.75. The van der Waals surface area contributed by atoms with Gasteiger partial charge in [0.15, 0.2) is 5.41 Å². The van der Waals surface area contributed by atoms with Crippen LogP contribution in [0.25, 0.3) is 0 Å². The Balaban J connectivity index is 3.08. The number of hydrogen-bond acceptors (Lipinski definition) is 4. The molecule has 5 heteroatoms. The molecule has 1 fully saturated rings. The van der Waals surface area contributed by atoms with Gasteiger partial charge in [-0.15, -0.1) is 18.2 Å². The zero-order valence-corrected chi connectivity index (χ0v) is 12.0. The molecule has 0 aromatic carbocycles. The van der Waals surface area contributed by atoms with E-state index in [4.69, 9.17) is 21.1 Å². The van der Waals surface area contributed by atoms with Crippen molar-refractivity contribution in [3.8, 4) is 0 Å². The summed E-state index contributed by atoms with van der Waals surface area (Å²) in [5.74, 6) is -0.642. The molecule has 4 nitrogen and oxygen atoms in total. The number of alkyl halides is 1. The Labute approximate surface area is 118 Å². The van der Waals surface area contributed by atoms with E-state index in [0.29, 0.717) is 18.7 Å². The average molecular weight is 287 g/mol. The van der Waals surface area contributed by atoms with Crippen LogP contribution < -0.4 is 0 Å². The van der Waals surface area contributed by atoms with Crippen molar-refractivity contribution in [2.24, 2.45) is 17.3 Å². The van der Waals surface area contributed by atoms with Crippen LogP contribution in [-0.4, -0.2) is 32.0 Å². The fourth-order valence-electron chi connectivity index (χ4n) is 2.69. The first-order valence-corrected chi connectivity index (χ1v) is 6.61. The molecule has 0 aliphatic heterocycles. The first-order valence-electron chi connectivity index (χ1n) is 6.07. The summed E-state index contributed by atoms with van der Waals surface area (Å²) in [7, 11) is 2.55. The van der Waals surface area contributed by atoms with Gasteiger partial charge < -0.3 is 9.47 Å². The zero-order chi connectivity index (χ0) is 14.5. The van der Waals surface area contributed by atoms with Crippen molar-refractivity contribution >= 4 is 23.5 Å². The quantitative estimate of drug-likeness (QED) is 0.337. The lowest BCUT2D eigenvalue weighted by atomic mass is 9.85. The number of rotatable bonds is 5. The monoisotopic (exact) mass is 286 g/mol. The van der Waals surface area contributed by atoms with Gasteiger partial charge in [0.2, 0.25) is 0 Å². The highest BCUT2D eigenvalue weighted by Gasteiger charge is 2.55. The summed E-state index contributed by atoms with van der Waals surface area (Å²) >= 11 is 5.63. The standard InChI is InChI=1S/C14H19ClO4/c1-4-10-8-14(12(16)18-2,13(17)19-3)9-11(10)6-5-7-15/h4-6,10-11H,1,7-9H2,2-3H3/b6-5-/t10-,11-/m1/s1. The third-order valence-electron chi connectivity index (χ3n) is 3.65. The van der Waals surface area contributed by atoms with Crippen LogP contribution in [0.2, 0.25) is 0 Å². The minimum absolute atomic E-state index is 0.0256. The molecule has 0 aromatic heterocycles. The second-order valence-electron chi connectivity index (χ2n) is 4.62. The van der Waals surface area contributed by atoms with E-state index in [1.54, 1.807) is 6.08 Å². The zero-order valence-electron chi connectivity index (χ0n) is 11.2. The molecule has 1 rings (SSSR count). The molecule has 0 spiro atoms. The minimum Gasteiger partial charge on any atom is -0.468 e. The van der Waals surface area contributed by atoms with Crippen LogP contribution in [0, 0.1) is 17.3 Å². The lowest BCUT2D eigenvalue weighted by Crippen LogP contribution is -2.39. The maximum Gasteiger partial charge on any atom is 0.323 e. The van der Waals surface area contributed by atoms with Gasteiger partial charge in [0, 0.05) is 5.88 Å². The molecule has 0 bridgehead atoms. The van der Waals surface area contributed by atoms with Gasteiger partial charge in [0.05, 0.1) is 14.2 Å². The topological polar surface area (TPSA) is 52.6 Å². The van der Waals surface area contributed by atoms with Crippen molar-refractivity contribution in [3.63, 3.8) is 0 Å². The number of allylic oxidation sites excluding steroid dienone is 3. The van der Waals surface area contributed by atoms with E-state index >= 15 is 0 Å². The normalized spacial score (nSPS) is 25.2. The van der Waals surface area contributed by atoms with Crippen LogP contribution >= 0.6 is 11.6 Å². The molecule has 1 aliphatic rings. The van der Waals surface area contributed by atoms with Crippen molar-refractivity contribution in [2.45, 2.75) is 12.8 Å². The molecule has 0 saturated heterocycles. The molecule has 1 aliphatic carbocycles. The average Bonchev–Trinajstić information content (AvgIpc) is 2.83.